The van der Waals surface area contributed by atoms with Gasteiger partial charge in [-0.2, -0.15) is 0 Å². The fourth-order valence-corrected chi connectivity index (χ4v) is 2.86. The van der Waals surface area contributed by atoms with E-state index in [9.17, 15) is 14.4 Å². The normalized spacial score (nSPS) is 13.5. The number of carbonyl (C=O) groups excluding carboxylic acids is 3. The highest BCUT2D eigenvalue weighted by molar-refractivity contribution is 14.1. The van der Waals surface area contributed by atoms with E-state index in [1.165, 1.54) is 6.08 Å². The molecule has 2 aromatic carbocycles. The fourth-order valence-electron chi connectivity index (χ4n) is 2.31. The van der Waals surface area contributed by atoms with E-state index in [4.69, 9.17) is 17.0 Å². The van der Waals surface area contributed by atoms with Gasteiger partial charge >= 0.3 is 0 Å². The number of amides is 3. The number of anilines is 1. The molecule has 2 aromatic rings. The first-order valence-electron chi connectivity index (χ1n) is 8.07. The van der Waals surface area contributed by atoms with Crippen molar-refractivity contribution in [3.8, 4) is 5.75 Å². The van der Waals surface area contributed by atoms with Crippen molar-refractivity contribution < 1.29 is 19.1 Å². The number of rotatable bonds is 5. The molecule has 1 fully saturated rings. The lowest BCUT2D eigenvalue weighted by molar-refractivity contribution is -0.123. The van der Waals surface area contributed by atoms with Crippen LogP contribution in [0.4, 0.5) is 5.69 Å². The molecule has 0 unspecified atom stereocenters. The summed E-state index contributed by atoms with van der Waals surface area (Å²) in [5, 5.41) is 7.47. The van der Waals surface area contributed by atoms with Crippen molar-refractivity contribution in [1.29, 1.82) is 0 Å². The molecule has 1 heterocycles. The number of hydrogen-bond donors (Lipinski definition) is 3. The van der Waals surface area contributed by atoms with Crippen LogP contribution in [0.3, 0.4) is 0 Å². The van der Waals surface area contributed by atoms with E-state index in [2.05, 4.69) is 38.5 Å². The van der Waals surface area contributed by atoms with Gasteiger partial charge in [-0.05, 0) is 82.8 Å². The number of benzene rings is 2. The third kappa shape index (κ3) is 5.36. The number of thiocarbonyl (C=S) groups is 1. The van der Waals surface area contributed by atoms with Gasteiger partial charge in [-0.15, -0.1) is 0 Å². The molecule has 3 N–H and O–H groups in total. The molecule has 0 radical (unpaired) electrons. The molecule has 3 rings (SSSR count). The van der Waals surface area contributed by atoms with Crippen LogP contribution in [0.25, 0.3) is 6.08 Å². The topological polar surface area (TPSA) is 96.5 Å². The minimum absolute atomic E-state index is 0.0144. The molecule has 0 atom stereocenters. The fraction of sp³-hybridized carbons (Fsp3) is 0.0526. The summed E-state index contributed by atoms with van der Waals surface area (Å²) in [7, 11) is 0. The van der Waals surface area contributed by atoms with E-state index < -0.39 is 11.8 Å². The largest absolute Gasteiger partial charge is 0.484 e. The molecule has 0 saturated carbocycles. The lowest BCUT2D eigenvalue weighted by Gasteiger charge is -2.16. The van der Waals surface area contributed by atoms with Crippen LogP contribution < -0.4 is 20.7 Å². The van der Waals surface area contributed by atoms with E-state index in [1.54, 1.807) is 24.3 Å². The molecule has 7 nitrogen and oxygen atoms in total. The van der Waals surface area contributed by atoms with Crippen LogP contribution in [0, 0.1) is 3.57 Å². The number of nitrogens with one attached hydrogen (secondary N) is 3. The zero-order valence-corrected chi connectivity index (χ0v) is 17.3. The van der Waals surface area contributed by atoms with Crippen molar-refractivity contribution in [3.63, 3.8) is 0 Å². The summed E-state index contributed by atoms with van der Waals surface area (Å²) in [6.07, 6.45) is 1.44. The maximum absolute atomic E-state index is 12.0. The van der Waals surface area contributed by atoms with Crippen molar-refractivity contribution in [2.24, 2.45) is 0 Å². The van der Waals surface area contributed by atoms with Crippen molar-refractivity contribution in [2.75, 3.05) is 11.9 Å². The van der Waals surface area contributed by atoms with Gasteiger partial charge in [-0.1, -0.05) is 12.1 Å². The van der Waals surface area contributed by atoms with E-state index in [-0.39, 0.29) is 23.2 Å². The predicted molar refractivity (Wildman–Crippen MR) is 117 cm³/mol. The first-order chi connectivity index (χ1) is 13.4. The van der Waals surface area contributed by atoms with Gasteiger partial charge in [-0.3, -0.25) is 25.0 Å². The van der Waals surface area contributed by atoms with Crippen LogP contribution in [0.15, 0.2) is 54.1 Å². The van der Waals surface area contributed by atoms with Gasteiger partial charge in [0.05, 0.1) is 0 Å². The second-order valence-electron chi connectivity index (χ2n) is 5.71. The Morgan fingerprint density at radius 3 is 2.25 bits per heavy atom. The summed E-state index contributed by atoms with van der Waals surface area (Å²) in [4.78, 5) is 35.6. The number of hydrogen-bond acceptors (Lipinski definition) is 5. The third-order valence-electron chi connectivity index (χ3n) is 3.63. The predicted octanol–water partition coefficient (Wildman–Crippen LogP) is 2.22. The Hall–Kier alpha value is -2.79. The Kier molecular flexibility index (Phi) is 6.37. The van der Waals surface area contributed by atoms with E-state index in [0.717, 1.165) is 3.57 Å². The van der Waals surface area contributed by atoms with Gasteiger partial charge < -0.3 is 10.1 Å². The van der Waals surface area contributed by atoms with Crippen LogP contribution in [0.5, 0.6) is 5.75 Å². The monoisotopic (exact) mass is 507 g/mol. The van der Waals surface area contributed by atoms with Crippen LogP contribution >= 0.6 is 34.8 Å². The smallest absolute Gasteiger partial charge is 0.263 e. The Labute approximate surface area is 179 Å². The molecule has 0 aromatic heterocycles. The molecule has 9 heteroatoms. The Bertz CT molecular complexity index is 950. The molecule has 1 aliphatic heterocycles. The lowest BCUT2D eigenvalue weighted by Crippen LogP contribution is -2.51. The second kappa shape index (κ2) is 8.93. The van der Waals surface area contributed by atoms with Crippen LogP contribution in [0.1, 0.15) is 5.56 Å². The summed E-state index contributed by atoms with van der Waals surface area (Å²) in [5.74, 6) is -0.903. The van der Waals surface area contributed by atoms with Crippen molar-refractivity contribution in [3.05, 3.63) is 63.2 Å². The van der Waals surface area contributed by atoms with Gasteiger partial charge in [0.15, 0.2) is 11.7 Å². The number of ether oxygens (including phenoxy) is 1. The average molecular weight is 507 g/mol. The summed E-state index contributed by atoms with van der Waals surface area (Å²) in [6.45, 7) is -0.144. The molecule has 1 aliphatic rings. The lowest BCUT2D eigenvalue weighted by atomic mass is 10.1. The first-order valence-corrected chi connectivity index (χ1v) is 9.56. The van der Waals surface area contributed by atoms with Gasteiger partial charge in [-0.25, -0.2) is 0 Å². The quantitative estimate of drug-likeness (QED) is 0.250. The molecule has 142 valence electrons. The summed E-state index contributed by atoms with van der Waals surface area (Å²) in [6, 6.07) is 14.1. The summed E-state index contributed by atoms with van der Waals surface area (Å²) in [5.41, 5.74) is 1.28. The van der Waals surface area contributed by atoms with Gasteiger partial charge in [0.25, 0.3) is 17.7 Å². The van der Waals surface area contributed by atoms with Crippen LogP contribution in [-0.2, 0) is 14.4 Å². The Morgan fingerprint density at radius 2 is 1.64 bits per heavy atom. The highest BCUT2D eigenvalue weighted by atomic mass is 127. The maximum Gasteiger partial charge on any atom is 0.263 e. The van der Waals surface area contributed by atoms with E-state index in [0.29, 0.717) is 17.0 Å². The standard InChI is InChI=1S/C19H14IN3O4S/c20-12-3-5-13(6-4-12)21-16(24)10-27-14-7-1-11(2-8-14)9-15-17(25)22-19(28)23-18(15)26/h1-9H,10H2,(H,21,24)(H2,22,23,25,26,28). The molecule has 0 aliphatic carbocycles. The third-order valence-corrected chi connectivity index (χ3v) is 4.56. The first kappa shape index (κ1) is 20.0. The van der Waals surface area contributed by atoms with Crippen molar-refractivity contribution in [1.82, 2.24) is 10.6 Å². The molecule has 0 bridgehead atoms. The average Bonchev–Trinajstić information content (AvgIpc) is 2.66. The second-order valence-corrected chi connectivity index (χ2v) is 7.36. The van der Waals surface area contributed by atoms with Gasteiger partial charge in [0, 0.05) is 9.26 Å². The molecule has 28 heavy (non-hydrogen) atoms. The molecule has 3 amide bonds. The molecular weight excluding hydrogens is 493 g/mol. The zero-order valence-electron chi connectivity index (χ0n) is 14.3. The zero-order chi connectivity index (χ0) is 20.1. The van der Waals surface area contributed by atoms with E-state index >= 15 is 0 Å². The van der Waals surface area contributed by atoms with Crippen molar-refractivity contribution in [2.45, 2.75) is 0 Å². The Morgan fingerprint density at radius 1 is 1.04 bits per heavy atom. The highest BCUT2D eigenvalue weighted by Gasteiger charge is 2.25. The number of halogens is 1. The minimum atomic E-state index is -0.554. The SMILES string of the molecule is O=C(COc1ccc(C=C2C(=O)NC(=S)NC2=O)cc1)Nc1ccc(I)cc1. The van der Waals surface area contributed by atoms with E-state index in [1.807, 2.05) is 24.3 Å². The highest BCUT2D eigenvalue weighted by Crippen LogP contribution is 2.16. The van der Waals surface area contributed by atoms with Crippen LogP contribution in [0.2, 0.25) is 0 Å². The molecule has 0 spiro atoms. The Balaban J connectivity index is 1.57. The van der Waals surface area contributed by atoms with Gasteiger partial charge in [0.2, 0.25) is 0 Å². The number of carbonyl (C=O) groups is 3. The van der Waals surface area contributed by atoms with Crippen molar-refractivity contribution >= 4 is 69.4 Å². The molecule has 1 saturated heterocycles. The summed E-state index contributed by atoms with van der Waals surface area (Å²) < 4.78 is 6.53. The van der Waals surface area contributed by atoms with Gasteiger partial charge in [0.1, 0.15) is 11.3 Å². The molecular formula is C19H14IN3O4S. The maximum atomic E-state index is 12.0. The van der Waals surface area contributed by atoms with Crippen LogP contribution in [-0.4, -0.2) is 29.4 Å². The summed E-state index contributed by atoms with van der Waals surface area (Å²) >= 11 is 6.94. The minimum Gasteiger partial charge on any atom is -0.484 e.